The van der Waals surface area contributed by atoms with Gasteiger partial charge in [0.15, 0.2) is 23.1 Å². The molecule has 1 saturated heterocycles. The molecular weight excluding hydrogens is 977 g/mol. The van der Waals surface area contributed by atoms with Crippen LogP contribution in [0.2, 0.25) is 0 Å². The van der Waals surface area contributed by atoms with E-state index in [0.717, 1.165) is 53.8 Å². The average molecular weight is 1040 g/mol. The highest BCUT2D eigenvalue weighted by atomic mass is 32.1. The van der Waals surface area contributed by atoms with Crippen LogP contribution in [0.25, 0.3) is 21.8 Å². The molecule has 0 spiro atoms. The van der Waals surface area contributed by atoms with E-state index in [1.165, 1.54) is 18.2 Å². The highest BCUT2D eigenvalue weighted by molar-refractivity contribution is 7.13. The van der Waals surface area contributed by atoms with Crippen LogP contribution in [-0.4, -0.2) is 113 Å². The van der Waals surface area contributed by atoms with Crippen molar-refractivity contribution in [2.24, 2.45) is 18.2 Å². The zero-order valence-corrected chi connectivity index (χ0v) is 44.2. The molecule has 5 heterocycles. The molecule has 0 aliphatic carbocycles. The van der Waals surface area contributed by atoms with Crippen LogP contribution in [0.3, 0.4) is 0 Å². The maximum atomic E-state index is 14.1. The van der Waals surface area contributed by atoms with Gasteiger partial charge in [0.2, 0.25) is 17.7 Å². The van der Waals surface area contributed by atoms with Gasteiger partial charge in [-0.3, -0.25) is 28.7 Å². The maximum absolute atomic E-state index is 14.1. The standard InChI is InChI=1S/C53H66N14O7S/c1-31(33-18-20-34(21-19-33)46-32(2)58-30-75-46)59-51(72)40-25-36(68)28-67(40)52(73)47(53(3,4)5)62-43(69)17-12-10-8-9-11-13-24-55-50(71)35-22-23-41(56-27-35)61-42-26-39(44(48(54)70)64-63-42)60-38-16-14-15-37(45(38)74-7)49-57-29-66(6)65-49/h14-16,18-23,26-27,29-31,36,40,47,68H,8-13,17,24-25,28H2,1-7H3,(H2,54,70)(H,55,71)(H,59,72)(H,62,69)(H2,56,60,61,63)/t31-,36+,40-,47+/m0/s1. The number of hydrogen-bond acceptors (Lipinski definition) is 16. The van der Waals surface area contributed by atoms with Gasteiger partial charge in [0.05, 0.1) is 57.8 Å². The third-order valence-corrected chi connectivity index (χ3v) is 13.8. The Balaban J connectivity index is 0.807. The predicted molar refractivity (Wildman–Crippen MR) is 285 cm³/mol. The van der Waals surface area contributed by atoms with Crippen molar-refractivity contribution >= 4 is 63.9 Å². The van der Waals surface area contributed by atoms with Crippen molar-refractivity contribution in [2.75, 3.05) is 30.8 Å². The number of rotatable bonds is 23. The van der Waals surface area contributed by atoms with Crippen molar-refractivity contribution in [1.82, 2.24) is 55.8 Å². The van der Waals surface area contributed by atoms with Gasteiger partial charge < -0.3 is 47.1 Å². The van der Waals surface area contributed by atoms with E-state index < -0.39 is 35.4 Å². The van der Waals surface area contributed by atoms with Gasteiger partial charge in [0.25, 0.3) is 11.8 Å². The number of methoxy groups -OCH3 is 1. The minimum atomic E-state index is -0.898. The summed E-state index contributed by atoms with van der Waals surface area (Å²) in [6.45, 7) is 9.94. The molecule has 7 rings (SSSR count). The van der Waals surface area contributed by atoms with Crippen LogP contribution in [0.5, 0.6) is 5.75 Å². The summed E-state index contributed by atoms with van der Waals surface area (Å²) in [5, 5.41) is 38.3. The fourth-order valence-electron chi connectivity index (χ4n) is 8.77. The number of thiazole rings is 1. The van der Waals surface area contributed by atoms with Crippen LogP contribution >= 0.6 is 11.3 Å². The van der Waals surface area contributed by atoms with Crippen LogP contribution in [0, 0.1) is 12.3 Å². The number of aliphatic hydroxyl groups is 1. The summed E-state index contributed by atoms with van der Waals surface area (Å²) >= 11 is 1.57. The number of unbranched alkanes of at least 4 members (excludes halogenated alkanes) is 5. The number of benzene rings is 2. The number of para-hydroxylation sites is 1. The number of nitrogens with one attached hydrogen (secondary N) is 5. The maximum Gasteiger partial charge on any atom is 0.271 e. The van der Waals surface area contributed by atoms with Gasteiger partial charge in [0, 0.05) is 45.2 Å². The van der Waals surface area contributed by atoms with Crippen molar-refractivity contribution in [3.8, 4) is 27.6 Å². The molecule has 1 aliphatic heterocycles. The fourth-order valence-corrected chi connectivity index (χ4v) is 9.58. The number of hydrogen-bond donors (Lipinski definition) is 7. The molecule has 22 heteroatoms. The third-order valence-electron chi connectivity index (χ3n) is 12.8. The molecule has 21 nitrogen and oxygen atoms in total. The Hall–Kier alpha value is -7.85. The van der Waals surface area contributed by atoms with Crippen LogP contribution in [0.15, 0.2) is 78.7 Å². The Morgan fingerprint density at radius 3 is 2.29 bits per heavy atom. The van der Waals surface area contributed by atoms with Gasteiger partial charge in [0.1, 0.15) is 24.2 Å². The van der Waals surface area contributed by atoms with Crippen LogP contribution in [0.4, 0.5) is 23.0 Å². The van der Waals surface area contributed by atoms with Crippen LogP contribution < -0.4 is 37.1 Å². The Bertz CT molecular complexity index is 2960. The number of carbonyl (C=O) groups excluding carboxylic acids is 5. The minimum Gasteiger partial charge on any atom is -0.494 e. The molecule has 0 saturated carbocycles. The molecule has 0 radical (unpaired) electrons. The summed E-state index contributed by atoms with van der Waals surface area (Å²) in [7, 11) is 3.27. The van der Waals surface area contributed by atoms with E-state index in [9.17, 15) is 29.1 Å². The highest BCUT2D eigenvalue weighted by Gasteiger charge is 2.44. The number of aromatic nitrogens is 7. The molecule has 6 aromatic rings. The zero-order valence-electron chi connectivity index (χ0n) is 43.3. The summed E-state index contributed by atoms with van der Waals surface area (Å²) in [5.74, 6) is -0.541. The van der Waals surface area contributed by atoms with Gasteiger partial charge in [-0.25, -0.2) is 15.0 Å². The molecule has 396 valence electrons. The molecular formula is C53H66N14O7S. The quantitative estimate of drug-likeness (QED) is 0.0336. The first-order valence-electron chi connectivity index (χ1n) is 25.0. The number of pyridine rings is 1. The molecule has 1 fully saturated rings. The Morgan fingerprint density at radius 1 is 0.893 bits per heavy atom. The van der Waals surface area contributed by atoms with E-state index in [-0.39, 0.29) is 60.3 Å². The first-order chi connectivity index (χ1) is 35.9. The lowest BCUT2D eigenvalue weighted by molar-refractivity contribution is -0.144. The normalized spacial score (nSPS) is 15.2. The van der Waals surface area contributed by atoms with Gasteiger partial charge in [-0.1, -0.05) is 76.8 Å². The number of ether oxygens (including phenoxy) is 1. The summed E-state index contributed by atoms with van der Waals surface area (Å²) in [6.07, 6.45) is 7.43. The highest BCUT2D eigenvalue weighted by Crippen LogP contribution is 2.37. The number of β-amino-alcohol motifs (C(OH)–C–C–N with tert-alkyl or cyclic N) is 1. The minimum absolute atomic E-state index is 0.000812. The van der Waals surface area contributed by atoms with Gasteiger partial charge >= 0.3 is 0 Å². The number of amides is 5. The molecule has 2 aromatic carbocycles. The van der Waals surface area contributed by atoms with Crippen molar-refractivity contribution in [2.45, 2.75) is 110 Å². The van der Waals surface area contributed by atoms with E-state index >= 15 is 0 Å². The number of anilines is 4. The lowest BCUT2D eigenvalue weighted by Gasteiger charge is -2.35. The second kappa shape index (κ2) is 24.9. The Morgan fingerprint density at radius 2 is 1.64 bits per heavy atom. The number of aryl methyl sites for hydroxylation is 2. The fraction of sp³-hybridized carbons (Fsp3) is 0.415. The summed E-state index contributed by atoms with van der Waals surface area (Å²) in [6, 6.07) is 16.0. The molecule has 75 heavy (non-hydrogen) atoms. The number of aliphatic hydroxyl groups excluding tert-OH is 1. The topological polar surface area (TPSA) is 286 Å². The van der Waals surface area contributed by atoms with Crippen LogP contribution in [-0.2, 0) is 21.4 Å². The van der Waals surface area contributed by atoms with Gasteiger partial charge in [-0.15, -0.1) is 21.5 Å². The largest absolute Gasteiger partial charge is 0.494 e. The van der Waals surface area contributed by atoms with E-state index in [2.05, 4.69) is 56.8 Å². The number of nitrogens with zero attached hydrogens (tertiary/aromatic N) is 8. The molecule has 8 N–H and O–H groups in total. The molecule has 0 bridgehead atoms. The van der Waals surface area contributed by atoms with Gasteiger partial charge in [-0.05, 0) is 67.5 Å². The summed E-state index contributed by atoms with van der Waals surface area (Å²) < 4.78 is 7.27. The molecule has 5 amide bonds. The second-order valence-electron chi connectivity index (χ2n) is 19.7. The predicted octanol–water partition coefficient (Wildman–Crippen LogP) is 6.52. The third kappa shape index (κ3) is 14.3. The van der Waals surface area contributed by atoms with Gasteiger partial charge in [-0.2, -0.15) is 5.10 Å². The molecule has 4 atom stereocenters. The molecule has 4 aromatic heterocycles. The molecule has 0 unspecified atom stereocenters. The first kappa shape index (κ1) is 54.9. The number of likely N-dealkylation sites (tertiary alicyclic amines) is 1. The first-order valence-corrected chi connectivity index (χ1v) is 25.9. The monoisotopic (exact) mass is 1040 g/mol. The van der Waals surface area contributed by atoms with Crippen molar-refractivity contribution in [3.05, 3.63) is 101 Å². The summed E-state index contributed by atoms with van der Waals surface area (Å²) in [5.41, 5.74) is 11.4. The number of nitrogens with two attached hydrogens (primary N) is 1. The van der Waals surface area contributed by atoms with Crippen LogP contribution in [0.1, 0.15) is 117 Å². The SMILES string of the molecule is COc1c(Nc2cc(Nc3ccc(C(=O)NCCCCCCCCC(=O)N[C@H](C(=O)N4C[C@H](O)C[C@H]4C(=O)N[C@@H](C)c4ccc(-c5scnc5C)cc4)C(C)(C)C)cn3)nnc2C(N)=O)cccc1-c1ncn(C)n1. The van der Waals surface area contributed by atoms with Crippen molar-refractivity contribution in [1.29, 1.82) is 0 Å². The zero-order chi connectivity index (χ0) is 53.8. The smallest absolute Gasteiger partial charge is 0.271 e. The molecule has 1 aliphatic rings. The second-order valence-corrected chi connectivity index (χ2v) is 20.5. The summed E-state index contributed by atoms with van der Waals surface area (Å²) in [4.78, 5) is 81.8. The van der Waals surface area contributed by atoms with Crippen molar-refractivity contribution < 1.29 is 33.8 Å². The lowest BCUT2D eigenvalue weighted by atomic mass is 9.85. The Kier molecular flexibility index (Phi) is 18.2. The average Bonchev–Trinajstić information content (AvgIpc) is 4.14. The van der Waals surface area contributed by atoms with E-state index in [1.807, 2.05) is 70.5 Å². The number of primary amides is 1. The number of carbonyl (C=O) groups is 5. The Labute approximate surface area is 439 Å². The van der Waals surface area contributed by atoms with E-state index in [4.69, 9.17) is 10.5 Å². The van der Waals surface area contributed by atoms with E-state index in [1.54, 1.807) is 59.7 Å². The van der Waals surface area contributed by atoms with Crippen molar-refractivity contribution in [3.63, 3.8) is 0 Å². The lowest BCUT2D eigenvalue weighted by Crippen LogP contribution is -2.57. The van der Waals surface area contributed by atoms with E-state index in [0.29, 0.717) is 47.2 Å².